The Morgan fingerprint density at radius 1 is 0.944 bits per heavy atom. The summed E-state index contributed by atoms with van der Waals surface area (Å²) in [6.45, 7) is 3.18. The average Bonchev–Trinajstić information content (AvgIpc) is 3.58. The largest absolute Gasteiger partial charge is 0.348 e. The number of aromatic nitrogens is 4. The van der Waals surface area contributed by atoms with Crippen LogP contribution in [0.2, 0.25) is 0 Å². The lowest BCUT2D eigenvalue weighted by Crippen LogP contribution is -2.37. The van der Waals surface area contributed by atoms with E-state index in [-0.39, 0.29) is 0 Å². The van der Waals surface area contributed by atoms with Gasteiger partial charge in [-0.3, -0.25) is 9.89 Å². The summed E-state index contributed by atoms with van der Waals surface area (Å²) in [6.07, 6.45) is 14.4. The number of rotatable bonds is 9. The number of aromatic amines is 2. The number of para-hydroxylation sites is 2. The van der Waals surface area contributed by atoms with Crippen molar-refractivity contribution in [2.75, 3.05) is 0 Å². The molecule has 0 saturated carbocycles. The van der Waals surface area contributed by atoms with Crippen LogP contribution in [0.5, 0.6) is 0 Å². The second-order valence-electron chi connectivity index (χ2n) is 9.55. The molecule has 1 aliphatic carbocycles. The maximum atomic E-state index is 4.87. The van der Waals surface area contributed by atoms with Gasteiger partial charge in [0.2, 0.25) is 0 Å². The molecular formula is C29H31N7. The van der Waals surface area contributed by atoms with Gasteiger partial charge in [-0.2, -0.15) is 0 Å². The van der Waals surface area contributed by atoms with Crippen LogP contribution in [0.15, 0.2) is 89.7 Å². The molecule has 3 heterocycles. The Balaban J connectivity index is 1.18. The van der Waals surface area contributed by atoms with E-state index >= 15 is 0 Å². The molecule has 4 aromatic rings. The van der Waals surface area contributed by atoms with Crippen LogP contribution in [0.1, 0.15) is 35.6 Å². The number of imidazole rings is 2. The standard InChI is InChI=1S/C29H31N7/c1-2-6-27-26(5-1)34-29(35-27)20-36(24-11-12-25-23(16-24)4-3-13-31-25)19-22-9-7-21(8-10-22)17-30-18-28-32-14-15-33-28/h1-10,13-16,24-25,30H,11-12,17-20H2,(H,32,33)(H,34,35). The molecule has 2 unspecified atom stereocenters. The van der Waals surface area contributed by atoms with E-state index in [0.717, 1.165) is 61.7 Å². The van der Waals surface area contributed by atoms with E-state index in [1.165, 1.54) is 16.7 Å². The first-order valence-electron chi connectivity index (χ1n) is 12.7. The zero-order valence-electron chi connectivity index (χ0n) is 20.3. The molecule has 0 amide bonds. The number of nitrogens with zero attached hydrogens (tertiary/aromatic N) is 4. The Morgan fingerprint density at radius 2 is 1.83 bits per heavy atom. The molecule has 2 aromatic heterocycles. The predicted molar refractivity (Wildman–Crippen MR) is 143 cm³/mol. The minimum atomic E-state index is 0.312. The first-order valence-corrected chi connectivity index (χ1v) is 12.7. The van der Waals surface area contributed by atoms with Crippen molar-refractivity contribution >= 4 is 17.2 Å². The molecule has 3 N–H and O–H groups in total. The molecule has 182 valence electrons. The molecule has 1 aliphatic heterocycles. The van der Waals surface area contributed by atoms with Crippen molar-refractivity contribution < 1.29 is 0 Å². The topological polar surface area (TPSA) is 85.0 Å². The molecule has 7 heteroatoms. The fraction of sp³-hybridized carbons (Fsp3) is 0.276. The molecule has 2 aromatic carbocycles. The third kappa shape index (κ3) is 5.22. The highest BCUT2D eigenvalue weighted by Gasteiger charge is 2.26. The Kier molecular flexibility index (Phi) is 6.56. The van der Waals surface area contributed by atoms with Gasteiger partial charge in [-0.25, -0.2) is 9.97 Å². The number of nitrogens with one attached hydrogen (secondary N) is 3. The Hall–Kier alpha value is -3.81. The van der Waals surface area contributed by atoms with Crippen LogP contribution < -0.4 is 5.32 Å². The van der Waals surface area contributed by atoms with Gasteiger partial charge >= 0.3 is 0 Å². The Morgan fingerprint density at radius 3 is 2.69 bits per heavy atom. The summed E-state index contributed by atoms with van der Waals surface area (Å²) in [5.74, 6) is 1.96. The molecule has 2 atom stereocenters. The van der Waals surface area contributed by atoms with Crippen LogP contribution in [0.3, 0.4) is 0 Å². The summed E-state index contributed by atoms with van der Waals surface area (Å²) >= 11 is 0. The van der Waals surface area contributed by atoms with E-state index < -0.39 is 0 Å². The quantitative estimate of drug-likeness (QED) is 0.327. The van der Waals surface area contributed by atoms with E-state index in [1.807, 2.05) is 24.6 Å². The molecule has 0 spiro atoms. The molecule has 7 nitrogen and oxygen atoms in total. The summed E-state index contributed by atoms with van der Waals surface area (Å²) in [5, 5.41) is 3.45. The third-order valence-electron chi connectivity index (χ3n) is 6.99. The van der Waals surface area contributed by atoms with Gasteiger partial charge < -0.3 is 15.3 Å². The fourth-order valence-electron chi connectivity index (χ4n) is 5.12. The number of allylic oxidation sites excluding steroid dienone is 1. The lowest BCUT2D eigenvalue weighted by atomic mass is 9.89. The first kappa shape index (κ1) is 22.6. The monoisotopic (exact) mass is 477 g/mol. The molecule has 0 bridgehead atoms. The number of fused-ring (bicyclic) bond motifs is 2. The first-order chi connectivity index (χ1) is 17.8. The van der Waals surface area contributed by atoms with Crippen molar-refractivity contribution in [2.45, 2.75) is 51.1 Å². The summed E-state index contributed by atoms with van der Waals surface area (Å²) < 4.78 is 0. The summed E-state index contributed by atoms with van der Waals surface area (Å²) in [4.78, 5) is 23.0. The molecule has 0 saturated heterocycles. The van der Waals surface area contributed by atoms with Gasteiger partial charge in [-0.15, -0.1) is 0 Å². The van der Waals surface area contributed by atoms with Crippen LogP contribution in [0.4, 0.5) is 0 Å². The van der Waals surface area contributed by atoms with Gasteiger partial charge in [0.15, 0.2) is 0 Å². The van der Waals surface area contributed by atoms with Crippen molar-refractivity contribution in [3.8, 4) is 0 Å². The number of hydrogen-bond acceptors (Lipinski definition) is 5. The third-order valence-corrected chi connectivity index (χ3v) is 6.99. The highest BCUT2D eigenvalue weighted by atomic mass is 15.2. The van der Waals surface area contributed by atoms with E-state index in [2.05, 4.69) is 84.8 Å². The smallest absolute Gasteiger partial charge is 0.121 e. The maximum absolute atomic E-state index is 4.87. The number of benzene rings is 2. The molecular weight excluding hydrogens is 446 g/mol. The van der Waals surface area contributed by atoms with Crippen LogP contribution in [-0.4, -0.2) is 43.1 Å². The van der Waals surface area contributed by atoms with Crippen molar-refractivity contribution in [1.82, 2.24) is 30.2 Å². The highest BCUT2D eigenvalue weighted by molar-refractivity contribution is 5.75. The zero-order chi connectivity index (χ0) is 24.2. The van der Waals surface area contributed by atoms with Crippen molar-refractivity contribution in [3.05, 3.63) is 108 Å². The predicted octanol–water partition coefficient (Wildman–Crippen LogP) is 4.68. The van der Waals surface area contributed by atoms with Crippen LogP contribution in [0.25, 0.3) is 11.0 Å². The van der Waals surface area contributed by atoms with Crippen LogP contribution in [0, 0.1) is 0 Å². The lowest BCUT2D eigenvalue weighted by Gasteiger charge is -2.34. The normalized spacial score (nSPS) is 19.1. The van der Waals surface area contributed by atoms with E-state index in [1.54, 1.807) is 6.20 Å². The number of hydrogen-bond donors (Lipinski definition) is 3. The summed E-state index contributed by atoms with van der Waals surface area (Å²) in [5.41, 5.74) is 6.01. The van der Waals surface area contributed by atoms with Crippen molar-refractivity contribution in [2.24, 2.45) is 4.99 Å². The minimum absolute atomic E-state index is 0.312. The van der Waals surface area contributed by atoms with Crippen LogP contribution >= 0.6 is 0 Å². The van der Waals surface area contributed by atoms with E-state index in [4.69, 9.17) is 4.98 Å². The number of H-pyrrole nitrogens is 2. The second kappa shape index (κ2) is 10.4. The Bertz CT molecular complexity index is 1350. The zero-order valence-corrected chi connectivity index (χ0v) is 20.3. The lowest BCUT2D eigenvalue weighted by molar-refractivity contribution is 0.188. The van der Waals surface area contributed by atoms with Gasteiger partial charge in [-0.1, -0.05) is 48.6 Å². The van der Waals surface area contributed by atoms with Gasteiger partial charge in [0.25, 0.3) is 0 Å². The molecule has 0 fully saturated rings. The SMILES string of the molecule is C1=CC2=CC(N(Cc3ccc(CNCc4ncc[nH]4)cc3)Cc3nc4ccccc4[nH]3)CCC2N=C1. The second-order valence-corrected chi connectivity index (χ2v) is 9.55. The van der Waals surface area contributed by atoms with Gasteiger partial charge in [0, 0.05) is 37.7 Å². The maximum Gasteiger partial charge on any atom is 0.121 e. The Labute approximate surface area is 211 Å². The van der Waals surface area contributed by atoms with Gasteiger partial charge in [0.1, 0.15) is 11.6 Å². The summed E-state index contributed by atoms with van der Waals surface area (Å²) in [6, 6.07) is 17.8. The highest BCUT2D eigenvalue weighted by Crippen LogP contribution is 2.29. The fourth-order valence-corrected chi connectivity index (χ4v) is 5.12. The van der Waals surface area contributed by atoms with Gasteiger partial charge in [0.05, 0.1) is 30.2 Å². The molecule has 36 heavy (non-hydrogen) atoms. The van der Waals surface area contributed by atoms with Gasteiger partial charge in [-0.05, 0) is 47.8 Å². The summed E-state index contributed by atoms with van der Waals surface area (Å²) in [7, 11) is 0. The van der Waals surface area contributed by atoms with E-state index in [9.17, 15) is 0 Å². The minimum Gasteiger partial charge on any atom is -0.348 e. The number of dihydropyridines is 1. The average molecular weight is 478 g/mol. The molecule has 2 aliphatic rings. The van der Waals surface area contributed by atoms with Crippen molar-refractivity contribution in [1.29, 1.82) is 0 Å². The number of aliphatic imine (C=N–C) groups is 1. The van der Waals surface area contributed by atoms with Crippen LogP contribution in [-0.2, 0) is 26.2 Å². The van der Waals surface area contributed by atoms with E-state index in [0.29, 0.717) is 12.1 Å². The molecule has 6 rings (SSSR count). The molecule has 0 radical (unpaired) electrons. The van der Waals surface area contributed by atoms with Crippen molar-refractivity contribution in [3.63, 3.8) is 0 Å².